The highest BCUT2D eigenvalue weighted by molar-refractivity contribution is 5.70. The number of hydrogen-bond acceptors (Lipinski definition) is 3. The van der Waals surface area contributed by atoms with Gasteiger partial charge in [-0.05, 0) is 37.5 Å². The van der Waals surface area contributed by atoms with Crippen molar-refractivity contribution in [1.29, 1.82) is 0 Å². The molecule has 0 amide bonds. The molecule has 1 aromatic rings. The average Bonchev–Trinajstić information content (AvgIpc) is 2.32. The molecule has 1 aliphatic carbocycles. The van der Waals surface area contributed by atoms with Gasteiger partial charge >= 0.3 is 5.97 Å². The van der Waals surface area contributed by atoms with Gasteiger partial charge in [0, 0.05) is 13.3 Å². The molecule has 0 atom stereocenters. The largest absolute Gasteiger partial charge is 0.458 e. The first-order valence-corrected chi connectivity index (χ1v) is 5.90. The van der Waals surface area contributed by atoms with Crippen LogP contribution in [0.5, 0.6) is 11.5 Å². The van der Waals surface area contributed by atoms with Crippen molar-refractivity contribution < 1.29 is 14.3 Å². The van der Waals surface area contributed by atoms with Crippen LogP contribution >= 0.6 is 0 Å². The molecule has 0 fully saturated rings. The van der Waals surface area contributed by atoms with Crippen molar-refractivity contribution in [1.82, 2.24) is 0 Å². The van der Waals surface area contributed by atoms with Crippen LogP contribution in [0.15, 0.2) is 36.1 Å². The Hall–Kier alpha value is -1.77. The SMILES string of the molecule is CC(=O)Oc1ccccc1OC1=CCCCC1. The molecule has 2 rings (SSSR count). The highest BCUT2D eigenvalue weighted by Gasteiger charge is 2.10. The zero-order valence-corrected chi connectivity index (χ0v) is 9.94. The minimum Gasteiger partial charge on any atom is -0.458 e. The summed E-state index contributed by atoms with van der Waals surface area (Å²) in [5.41, 5.74) is 0. The van der Waals surface area contributed by atoms with Gasteiger partial charge in [0.2, 0.25) is 0 Å². The summed E-state index contributed by atoms with van der Waals surface area (Å²) in [5.74, 6) is 1.72. The van der Waals surface area contributed by atoms with Gasteiger partial charge in [-0.15, -0.1) is 0 Å². The number of benzene rings is 1. The van der Waals surface area contributed by atoms with Gasteiger partial charge in [0.25, 0.3) is 0 Å². The molecule has 3 heteroatoms. The zero-order valence-electron chi connectivity index (χ0n) is 9.94. The van der Waals surface area contributed by atoms with Crippen LogP contribution in [-0.2, 0) is 4.79 Å². The lowest BCUT2D eigenvalue weighted by Crippen LogP contribution is -2.05. The van der Waals surface area contributed by atoms with E-state index in [-0.39, 0.29) is 5.97 Å². The molecule has 0 heterocycles. The van der Waals surface area contributed by atoms with Crippen LogP contribution in [0, 0.1) is 0 Å². The fraction of sp³-hybridized carbons (Fsp3) is 0.357. The average molecular weight is 232 g/mol. The van der Waals surface area contributed by atoms with Crippen LogP contribution in [0.3, 0.4) is 0 Å². The first kappa shape index (κ1) is 11.7. The number of carbonyl (C=O) groups excluding carboxylic acids is 1. The molecule has 17 heavy (non-hydrogen) atoms. The molecule has 0 spiro atoms. The van der Waals surface area contributed by atoms with Gasteiger partial charge in [-0.3, -0.25) is 4.79 Å². The van der Waals surface area contributed by atoms with E-state index in [2.05, 4.69) is 6.08 Å². The van der Waals surface area contributed by atoms with Crippen LogP contribution < -0.4 is 9.47 Å². The molecule has 3 nitrogen and oxygen atoms in total. The summed E-state index contributed by atoms with van der Waals surface area (Å²) in [5, 5.41) is 0. The Labute approximate surface area is 101 Å². The molecule has 0 unspecified atom stereocenters. The normalized spacial score (nSPS) is 15.0. The second kappa shape index (κ2) is 5.53. The number of esters is 1. The van der Waals surface area contributed by atoms with E-state index < -0.39 is 0 Å². The van der Waals surface area contributed by atoms with Crippen LogP contribution in [-0.4, -0.2) is 5.97 Å². The predicted octanol–water partition coefficient (Wildman–Crippen LogP) is 3.45. The molecule has 0 aromatic heterocycles. The van der Waals surface area contributed by atoms with Crippen molar-refractivity contribution >= 4 is 5.97 Å². The van der Waals surface area contributed by atoms with Crippen molar-refractivity contribution in [3.05, 3.63) is 36.1 Å². The number of para-hydroxylation sites is 2. The van der Waals surface area contributed by atoms with Gasteiger partial charge in [-0.2, -0.15) is 0 Å². The van der Waals surface area contributed by atoms with E-state index >= 15 is 0 Å². The number of carbonyl (C=O) groups is 1. The Balaban J connectivity index is 2.14. The molecule has 0 saturated carbocycles. The molecule has 90 valence electrons. The predicted molar refractivity (Wildman–Crippen MR) is 64.9 cm³/mol. The summed E-state index contributed by atoms with van der Waals surface area (Å²) >= 11 is 0. The number of allylic oxidation sites excluding steroid dienone is 2. The fourth-order valence-electron chi connectivity index (χ4n) is 1.82. The van der Waals surface area contributed by atoms with Crippen molar-refractivity contribution in [3.63, 3.8) is 0 Å². The molecule has 0 saturated heterocycles. The highest BCUT2D eigenvalue weighted by Crippen LogP contribution is 2.30. The first-order chi connectivity index (χ1) is 8.25. The maximum atomic E-state index is 11.0. The Bertz CT molecular complexity index is 435. The highest BCUT2D eigenvalue weighted by atomic mass is 16.6. The lowest BCUT2D eigenvalue weighted by Gasteiger charge is -2.15. The second-order valence-corrected chi connectivity index (χ2v) is 4.06. The van der Waals surface area contributed by atoms with Crippen LogP contribution in [0.4, 0.5) is 0 Å². The van der Waals surface area contributed by atoms with E-state index in [9.17, 15) is 4.79 Å². The molecule has 0 bridgehead atoms. The second-order valence-electron chi connectivity index (χ2n) is 4.06. The molecular weight excluding hydrogens is 216 g/mol. The lowest BCUT2D eigenvalue weighted by atomic mass is 10.1. The third-order valence-corrected chi connectivity index (χ3v) is 2.59. The fourth-order valence-corrected chi connectivity index (χ4v) is 1.82. The van der Waals surface area contributed by atoms with Crippen LogP contribution in [0.1, 0.15) is 32.6 Å². The Morgan fingerprint density at radius 3 is 2.59 bits per heavy atom. The summed E-state index contributed by atoms with van der Waals surface area (Å²) in [4.78, 5) is 11.0. The third-order valence-electron chi connectivity index (χ3n) is 2.59. The Kier molecular flexibility index (Phi) is 3.81. The van der Waals surface area contributed by atoms with E-state index in [1.54, 1.807) is 6.07 Å². The molecule has 1 aliphatic rings. The number of ether oxygens (including phenoxy) is 2. The molecular formula is C14H16O3. The van der Waals surface area contributed by atoms with Crippen molar-refractivity contribution in [3.8, 4) is 11.5 Å². The van der Waals surface area contributed by atoms with E-state index in [4.69, 9.17) is 9.47 Å². The molecule has 0 aliphatic heterocycles. The Morgan fingerprint density at radius 1 is 1.18 bits per heavy atom. The van der Waals surface area contributed by atoms with Gasteiger partial charge in [0.1, 0.15) is 5.76 Å². The van der Waals surface area contributed by atoms with E-state index in [1.165, 1.54) is 13.3 Å². The van der Waals surface area contributed by atoms with Gasteiger partial charge in [0.05, 0.1) is 0 Å². The topological polar surface area (TPSA) is 35.5 Å². The van der Waals surface area contributed by atoms with Crippen molar-refractivity contribution in [2.24, 2.45) is 0 Å². The quantitative estimate of drug-likeness (QED) is 0.591. The first-order valence-electron chi connectivity index (χ1n) is 5.90. The maximum absolute atomic E-state index is 11.0. The van der Waals surface area contributed by atoms with Crippen LogP contribution in [0.2, 0.25) is 0 Å². The molecule has 0 radical (unpaired) electrons. The third kappa shape index (κ3) is 3.34. The smallest absolute Gasteiger partial charge is 0.308 e. The molecule has 0 N–H and O–H groups in total. The summed E-state index contributed by atoms with van der Waals surface area (Å²) in [6.45, 7) is 1.39. The van der Waals surface area contributed by atoms with Gasteiger partial charge in [-0.25, -0.2) is 0 Å². The van der Waals surface area contributed by atoms with Crippen molar-refractivity contribution in [2.45, 2.75) is 32.6 Å². The number of hydrogen-bond donors (Lipinski definition) is 0. The zero-order chi connectivity index (χ0) is 12.1. The summed E-state index contributed by atoms with van der Waals surface area (Å²) in [6, 6.07) is 7.24. The summed E-state index contributed by atoms with van der Waals surface area (Å²) in [7, 11) is 0. The minimum atomic E-state index is -0.335. The Morgan fingerprint density at radius 2 is 1.94 bits per heavy atom. The minimum absolute atomic E-state index is 0.335. The van der Waals surface area contributed by atoms with Crippen molar-refractivity contribution in [2.75, 3.05) is 0 Å². The lowest BCUT2D eigenvalue weighted by molar-refractivity contribution is -0.132. The van der Waals surface area contributed by atoms with Gasteiger partial charge < -0.3 is 9.47 Å². The standard InChI is InChI=1S/C14H16O3/c1-11(15)16-13-9-5-6-10-14(13)17-12-7-3-2-4-8-12/h5-7,9-10H,2-4,8H2,1H3. The maximum Gasteiger partial charge on any atom is 0.308 e. The number of rotatable bonds is 3. The summed E-state index contributed by atoms with van der Waals surface area (Å²) in [6.07, 6.45) is 6.49. The summed E-state index contributed by atoms with van der Waals surface area (Å²) < 4.78 is 10.9. The van der Waals surface area contributed by atoms with Gasteiger partial charge in [-0.1, -0.05) is 12.1 Å². The van der Waals surface area contributed by atoms with Gasteiger partial charge in [0.15, 0.2) is 11.5 Å². The van der Waals surface area contributed by atoms with E-state index in [0.717, 1.165) is 25.0 Å². The van der Waals surface area contributed by atoms with E-state index in [0.29, 0.717) is 11.5 Å². The monoisotopic (exact) mass is 232 g/mol. The van der Waals surface area contributed by atoms with E-state index in [1.807, 2.05) is 18.2 Å². The molecule has 1 aromatic carbocycles. The van der Waals surface area contributed by atoms with Crippen LogP contribution in [0.25, 0.3) is 0 Å².